The first-order chi connectivity index (χ1) is 17.2. The van der Waals surface area contributed by atoms with Crippen molar-refractivity contribution in [2.75, 3.05) is 44.6 Å². The molecule has 1 aliphatic heterocycles. The molecule has 1 atom stereocenters. The minimum absolute atomic E-state index is 0.0110. The number of ketones is 1. The highest BCUT2D eigenvalue weighted by Gasteiger charge is 2.24. The van der Waals surface area contributed by atoms with E-state index in [1.165, 1.54) is 5.56 Å². The fraction of sp³-hybridized carbons (Fsp3) is 0.400. The molecule has 1 fully saturated rings. The maximum atomic E-state index is 13.3. The van der Waals surface area contributed by atoms with Gasteiger partial charge in [0.1, 0.15) is 0 Å². The van der Waals surface area contributed by atoms with Crippen LogP contribution in [-0.4, -0.2) is 65.3 Å². The number of aryl methyl sites for hydroxylation is 3. The molecule has 36 heavy (non-hydrogen) atoms. The molecule has 1 saturated heterocycles. The number of hydrogen-bond donors (Lipinski definition) is 1. The smallest absolute Gasteiger partial charge is 0.238 e. The van der Waals surface area contributed by atoms with Gasteiger partial charge in [0.2, 0.25) is 5.91 Å². The van der Waals surface area contributed by atoms with Crippen LogP contribution in [0.25, 0.3) is 0 Å². The lowest BCUT2D eigenvalue weighted by Gasteiger charge is -2.33. The lowest BCUT2D eigenvalue weighted by molar-refractivity contribution is -0.117. The molecule has 3 aromatic rings. The van der Waals surface area contributed by atoms with Crippen molar-refractivity contribution >= 4 is 17.4 Å². The van der Waals surface area contributed by atoms with E-state index in [1.54, 1.807) is 0 Å². The average molecular weight is 487 g/mol. The number of carbonyl (C=O) groups excluding carboxylic acids is 2. The summed E-state index contributed by atoms with van der Waals surface area (Å²) < 4.78 is 2.26. The van der Waals surface area contributed by atoms with Crippen molar-refractivity contribution in [1.82, 2.24) is 14.4 Å². The zero-order valence-corrected chi connectivity index (χ0v) is 22.2. The molecule has 6 nitrogen and oxygen atoms in total. The zero-order valence-electron chi connectivity index (χ0n) is 22.2. The number of Topliss-reactive ketones (excluding diaryl/α,β-unsaturated/α-hetero) is 1. The summed E-state index contributed by atoms with van der Waals surface area (Å²) >= 11 is 0. The van der Waals surface area contributed by atoms with Crippen LogP contribution in [0.2, 0.25) is 0 Å². The van der Waals surface area contributed by atoms with Crippen LogP contribution >= 0.6 is 0 Å². The maximum Gasteiger partial charge on any atom is 0.238 e. The molecular formula is C30H38N4O2. The molecule has 0 saturated carbocycles. The first-order valence-electron chi connectivity index (χ1n) is 12.8. The van der Waals surface area contributed by atoms with Gasteiger partial charge in [-0.05, 0) is 57.4 Å². The second kappa shape index (κ2) is 11.2. The number of amides is 1. The van der Waals surface area contributed by atoms with E-state index in [1.807, 2.05) is 51.1 Å². The van der Waals surface area contributed by atoms with Gasteiger partial charge in [0.25, 0.3) is 0 Å². The number of anilines is 1. The SMILES string of the molecule is Cc1cccc(C)c1NC(=O)CN1CCN(CC(=O)c2cc(C)n([C@@H](C)c3ccccc3)c2C)CC1. The number of nitrogens with one attached hydrogen (secondary N) is 1. The molecule has 1 aliphatic rings. The summed E-state index contributed by atoms with van der Waals surface area (Å²) in [6.07, 6.45) is 0. The van der Waals surface area contributed by atoms with Crippen LogP contribution in [0, 0.1) is 27.7 Å². The Kier molecular flexibility index (Phi) is 8.07. The lowest BCUT2D eigenvalue weighted by atomic mass is 10.1. The molecule has 1 aromatic heterocycles. The van der Waals surface area contributed by atoms with Gasteiger partial charge in [-0.1, -0.05) is 48.5 Å². The molecule has 4 rings (SSSR count). The molecule has 0 radical (unpaired) electrons. The lowest BCUT2D eigenvalue weighted by Crippen LogP contribution is -2.49. The number of benzene rings is 2. The van der Waals surface area contributed by atoms with Crippen molar-refractivity contribution in [3.05, 3.63) is 88.2 Å². The summed E-state index contributed by atoms with van der Waals surface area (Å²) in [5.41, 5.74) is 7.23. The van der Waals surface area contributed by atoms with Crippen molar-refractivity contribution in [3.8, 4) is 0 Å². The van der Waals surface area contributed by atoms with Crippen LogP contribution in [-0.2, 0) is 4.79 Å². The van der Waals surface area contributed by atoms with Crippen LogP contribution in [0.3, 0.4) is 0 Å². The minimum Gasteiger partial charge on any atom is -0.341 e. The number of rotatable bonds is 8. The monoisotopic (exact) mass is 486 g/mol. The standard InChI is InChI=1S/C30H38N4O2/c1-21-10-9-11-22(2)30(21)31-29(36)20-33-16-14-32(15-17-33)19-28(35)27-18-23(3)34(25(27)5)24(4)26-12-7-6-8-13-26/h6-13,18,24H,14-17,19-20H2,1-5H3,(H,31,36)/t24-/m0/s1. The first kappa shape index (κ1) is 25.9. The topological polar surface area (TPSA) is 57.6 Å². The second-order valence-corrected chi connectivity index (χ2v) is 10.0. The van der Waals surface area contributed by atoms with Gasteiger partial charge in [0, 0.05) is 48.8 Å². The fourth-order valence-corrected chi connectivity index (χ4v) is 5.32. The van der Waals surface area contributed by atoms with E-state index in [2.05, 4.69) is 57.8 Å². The molecule has 1 amide bonds. The highest BCUT2D eigenvalue weighted by molar-refractivity contribution is 5.99. The Hall–Kier alpha value is -3.22. The van der Waals surface area contributed by atoms with Crippen molar-refractivity contribution in [3.63, 3.8) is 0 Å². The minimum atomic E-state index is 0.0110. The predicted molar refractivity (Wildman–Crippen MR) is 146 cm³/mol. The Morgan fingerprint density at radius 1 is 0.833 bits per heavy atom. The molecule has 2 heterocycles. The van der Waals surface area contributed by atoms with Gasteiger partial charge in [-0.15, -0.1) is 0 Å². The number of para-hydroxylation sites is 1. The highest BCUT2D eigenvalue weighted by atomic mass is 16.2. The van der Waals surface area contributed by atoms with Crippen LogP contribution in [0.1, 0.15) is 51.4 Å². The first-order valence-corrected chi connectivity index (χ1v) is 12.8. The summed E-state index contributed by atoms with van der Waals surface area (Å²) in [7, 11) is 0. The summed E-state index contributed by atoms with van der Waals surface area (Å²) in [5.74, 6) is 0.174. The van der Waals surface area contributed by atoms with Gasteiger partial charge < -0.3 is 9.88 Å². The van der Waals surface area contributed by atoms with E-state index in [0.29, 0.717) is 13.1 Å². The second-order valence-electron chi connectivity index (χ2n) is 10.0. The van der Waals surface area contributed by atoms with E-state index in [-0.39, 0.29) is 17.7 Å². The number of hydrogen-bond acceptors (Lipinski definition) is 4. The van der Waals surface area contributed by atoms with E-state index in [0.717, 1.165) is 59.9 Å². The summed E-state index contributed by atoms with van der Waals surface area (Å²) in [4.78, 5) is 30.3. The molecule has 0 aliphatic carbocycles. The molecule has 0 bridgehead atoms. The van der Waals surface area contributed by atoms with Crippen molar-refractivity contribution < 1.29 is 9.59 Å². The molecule has 6 heteroatoms. The predicted octanol–water partition coefficient (Wildman–Crippen LogP) is 4.77. The summed E-state index contributed by atoms with van der Waals surface area (Å²) in [6.45, 7) is 14.2. The van der Waals surface area contributed by atoms with Gasteiger partial charge in [-0.3, -0.25) is 19.4 Å². The number of aromatic nitrogens is 1. The molecule has 1 N–H and O–H groups in total. The average Bonchev–Trinajstić information content (AvgIpc) is 3.16. The summed E-state index contributed by atoms with van der Waals surface area (Å²) in [5, 5.41) is 3.07. The number of carbonyl (C=O) groups is 2. The Balaban J connectivity index is 1.31. The normalized spacial score (nSPS) is 15.6. The van der Waals surface area contributed by atoms with E-state index in [9.17, 15) is 9.59 Å². The Morgan fingerprint density at radius 3 is 2.03 bits per heavy atom. The van der Waals surface area contributed by atoms with Crippen molar-refractivity contribution in [2.24, 2.45) is 0 Å². The van der Waals surface area contributed by atoms with Gasteiger partial charge in [-0.25, -0.2) is 0 Å². The molecule has 190 valence electrons. The molecule has 2 aromatic carbocycles. The van der Waals surface area contributed by atoms with E-state index >= 15 is 0 Å². The third kappa shape index (κ3) is 5.77. The maximum absolute atomic E-state index is 13.3. The van der Waals surface area contributed by atoms with Gasteiger partial charge in [0.15, 0.2) is 5.78 Å². The van der Waals surface area contributed by atoms with Gasteiger partial charge in [0.05, 0.1) is 19.1 Å². The quantitative estimate of drug-likeness (QED) is 0.466. The van der Waals surface area contributed by atoms with Crippen LogP contribution in [0.5, 0.6) is 0 Å². The largest absolute Gasteiger partial charge is 0.341 e. The zero-order chi connectivity index (χ0) is 25.8. The van der Waals surface area contributed by atoms with E-state index in [4.69, 9.17) is 0 Å². The molecular weight excluding hydrogens is 448 g/mol. The van der Waals surface area contributed by atoms with Gasteiger partial charge in [-0.2, -0.15) is 0 Å². The fourth-order valence-electron chi connectivity index (χ4n) is 5.32. The Bertz CT molecular complexity index is 1200. The summed E-state index contributed by atoms with van der Waals surface area (Å²) in [6, 6.07) is 18.6. The van der Waals surface area contributed by atoms with Crippen LogP contribution in [0.4, 0.5) is 5.69 Å². The Morgan fingerprint density at radius 2 is 1.42 bits per heavy atom. The van der Waals surface area contributed by atoms with Crippen molar-refractivity contribution in [2.45, 2.75) is 40.7 Å². The molecule has 0 spiro atoms. The molecule has 0 unspecified atom stereocenters. The van der Waals surface area contributed by atoms with E-state index < -0.39 is 0 Å². The third-order valence-corrected chi connectivity index (χ3v) is 7.40. The third-order valence-electron chi connectivity index (χ3n) is 7.40. The number of nitrogens with zero attached hydrogens (tertiary/aromatic N) is 3. The van der Waals surface area contributed by atoms with Crippen molar-refractivity contribution in [1.29, 1.82) is 0 Å². The highest BCUT2D eigenvalue weighted by Crippen LogP contribution is 2.26. The van der Waals surface area contributed by atoms with Gasteiger partial charge >= 0.3 is 0 Å². The van der Waals surface area contributed by atoms with Crippen LogP contribution in [0.15, 0.2) is 54.6 Å². The Labute approximate surface area is 214 Å². The number of piperazine rings is 1. The van der Waals surface area contributed by atoms with Crippen LogP contribution < -0.4 is 5.32 Å².